The summed E-state index contributed by atoms with van der Waals surface area (Å²) in [4.78, 5) is 12.0. The van der Waals surface area contributed by atoms with Crippen molar-refractivity contribution in [2.24, 2.45) is 0 Å². The second-order valence-electron chi connectivity index (χ2n) is 4.44. The van der Waals surface area contributed by atoms with Gasteiger partial charge in [0.1, 0.15) is 5.69 Å². The highest BCUT2D eigenvalue weighted by atomic mass is 35.5. The number of hydrogen-bond donors (Lipinski definition) is 0. The molecular weight excluding hydrogens is 297 g/mol. The SMILES string of the molecule is CCOC(=O)c1c(C)ccn1Cc1ccc(Cl)c(Cl)c1. The molecule has 0 saturated carbocycles. The first-order valence-corrected chi connectivity index (χ1v) is 7.05. The summed E-state index contributed by atoms with van der Waals surface area (Å²) in [5.41, 5.74) is 2.43. The zero-order valence-electron chi connectivity index (χ0n) is 11.3. The predicted molar refractivity (Wildman–Crippen MR) is 80.7 cm³/mol. The van der Waals surface area contributed by atoms with Crippen LogP contribution in [0.3, 0.4) is 0 Å². The lowest BCUT2D eigenvalue weighted by atomic mass is 10.2. The lowest BCUT2D eigenvalue weighted by Crippen LogP contribution is -2.13. The molecule has 20 heavy (non-hydrogen) atoms. The summed E-state index contributed by atoms with van der Waals surface area (Å²) < 4.78 is 6.94. The molecule has 0 bridgehead atoms. The van der Waals surface area contributed by atoms with E-state index in [9.17, 15) is 4.79 Å². The fourth-order valence-corrected chi connectivity index (χ4v) is 2.35. The first-order chi connectivity index (χ1) is 9.52. The van der Waals surface area contributed by atoms with Crippen molar-refractivity contribution in [2.45, 2.75) is 20.4 Å². The van der Waals surface area contributed by atoms with E-state index < -0.39 is 0 Å². The van der Waals surface area contributed by atoms with E-state index in [0.717, 1.165) is 11.1 Å². The molecule has 3 nitrogen and oxygen atoms in total. The number of aromatic nitrogens is 1. The minimum Gasteiger partial charge on any atom is -0.461 e. The van der Waals surface area contributed by atoms with Gasteiger partial charge in [0.05, 0.1) is 16.7 Å². The second kappa shape index (κ2) is 6.33. The van der Waals surface area contributed by atoms with Gasteiger partial charge in [0.2, 0.25) is 0 Å². The molecule has 1 aromatic heterocycles. The van der Waals surface area contributed by atoms with Crippen molar-refractivity contribution in [1.82, 2.24) is 4.57 Å². The van der Waals surface area contributed by atoms with E-state index in [0.29, 0.717) is 28.9 Å². The predicted octanol–water partition coefficient (Wildman–Crippen LogP) is 4.33. The molecule has 5 heteroatoms. The van der Waals surface area contributed by atoms with Gasteiger partial charge in [-0.05, 0) is 43.2 Å². The Morgan fingerprint density at radius 2 is 2.00 bits per heavy atom. The van der Waals surface area contributed by atoms with Crippen molar-refractivity contribution in [3.05, 3.63) is 57.3 Å². The van der Waals surface area contributed by atoms with Crippen LogP contribution >= 0.6 is 23.2 Å². The Balaban J connectivity index is 2.29. The van der Waals surface area contributed by atoms with Crippen LogP contribution in [0.4, 0.5) is 0 Å². The normalized spacial score (nSPS) is 10.6. The third-order valence-electron chi connectivity index (χ3n) is 2.97. The number of hydrogen-bond acceptors (Lipinski definition) is 2. The van der Waals surface area contributed by atoms with Crippen molar-refractivity contribution >= 4 is 29.2 Å². The summed E-state index contributed by atoms with van der Waals surface area (Å²) in [5, 5.41) is 1.02. The molecule has 0 amide bonds. The summed E-state index contributed by atoms with van der Waals surface area (Å²) in [6.45, 7) is 4.58. The van der Waals surface area contributed by atoms with Crippen LogP contribution in [0.1, 0.15) is 28.5 Å². The van der Waals surface area contributed by atoms with Crippen molar-refractivity contribution in [2.75, 3.05) is 6.61 Å². The quantitative estimate of drug-likeness (QED) is 0.787. The zero-order valence-corrected chi connectivity index (χ0v) is 12.8. The minimum atomic E-state index is -0.310. The lowest BCUT2D eigenvalue weighted by molar-refractivity contribution is 0.0513. The Morgan fingerprint density at radius 1 is 1.25 bits per heavy atom. The number of ether oxygens (including phenoxy) is 1. The number of rotatable bonds is 4. The van der Waals surface area contributed by atoms with Gasteiger partial charge in [-0.25, -0.2) is 4.79 Å². The summed E-state index contributed by atoms with van der Waals surface area (Å²) in [6, 6.07) is 7.33. The average Bonchev–Trinajstić information content (AvgIpc) is 2.75. The molecule has 0 spiro atoms. The molecule has 0 radical (unpaired) electrons. The van der Waals surface area contributed by atoms with Crippen LogP contribution in [0.15, 0.2) is 30.5 Å². The highest BCUT2D eigenvalue weighted by Crippen LogP contribution is 2.23. The van der Waals surface area contributed by atoms with Gasteiger partial charge in [0, 0.05) is 12.7 Å². The van der Waals surface area contributed by atoms with E-state index in [4.69, 9.17) is 27.9 Å². The van der Waals surface area contributed by atoms with Crippen LogP contribution in [0.2, 0.25) is 10.0 Å². The van der Waals surface area contributed by atoms with Crippen molar-refractivity contribution in [3.63, 3.8) is 0 Å². The Bertz CT molecular complexity index is 635. The van der Waals surface area contributed by atoms with E-state index in [-0.39, 0.29) is 5.97 Å². The molecule has 0 aliphatic heterocycles. The first-order valence-electron chi connectivity index (χ1n) is 6.29. The zero-order chi connectivity index (χ0) is 14.7. The van der Waals surface area contributed by atoms with Gasteiger partial charge in [-0.15, -0.1) is 0 Å². The van der Waals surface area contributed by atoms with E-state index >= 15 is 0 Å². The molecule has 2 rings (SSSR count). The van der Waals surface area contributed by atoms with E-state index in [1.165, 1.54) is 0 Å². The molecule has 0 N–H and O–H groups in total. The smallest absolute Gasteiger partial charge is 0.355 e. The number of carbonyl (C=O) groups excluding carboxylic acids is 1. The van der Waals surface area contributed by atoms with Crippen molar-refractivity contribution in [1.29, 1.82) is 0 Å². The monoisotopic (exact) mass is 311 g/mol. The molecule has 0 unspecified atom stereocenters. The average molecular weight is 312 g/mol. The van der Waals surface area contributed by atoms with Crippen LogP contribution in [-0.2, 0) is 11.3 Å². The number of aryl methyl sites for hydroxylation is 1. The Morgan fingerprint density at radius 3 is 2.65 bits per heavy atom. The third kappa shape index (κ3) is 3.17. The van der Waals surface area contributed by atoms with E-state index in [1.807, 2.05) is 29.8 Å². The maximum atomic E-state index is 12.0. The standard InChI is InChI=1S/C15H15Cl2NO2/c1-3-20-15(19)14-10(2)6-7-18(14)9-11-4-5-12(16)13(17)8-11/h4-8H,3,9H2,1-2H3. The first kappa shape index (κ1) is 14.9. The molecule has 1 aromatic carbocycles. The number of halogens is 2. The van der Waals surface area contributed by atoms with Gasteiger partial charge in [-0.3, -0.25) is 0 Å². The van der Waals surface area contributed by atoms with E-state index in [1.54, 1.807) is 19.1 Å². The van der Waals surface area contributed by atoms with Crippen LogP contribution in [0.5, 0.6) is 0 Å². The van der Waals surface area contributed by atoms with Crippen molar-refractivity contribution < 1.29 is 9.53 Å². The molecule has 2 aromatic rings. The van der Waals surface area contributed by atoms with Gasteiger partial charge < -0.3 is 9.30 Å². The number of benzene rings is 1. The highest BCUT2D eigenvalue weighted by Gasteiger charge is 2.16. The van der Waals surface area contributed by atoms with Crippen LogP contribution < -0.4 is 0 Å². The fraction of sp³-hybridized carbons (Fsp3) is 0.267. The fourth-order valence-electron chi connectivity index (χ4n) is 2.03. The summed E-state index contributed by atoms with van der Waals surface area (Å²) in [6.07, 6.45) is 1.87. The molecule has 0 fully saturated rings. The molecule has 0 saturated heterocycles. The minimum absolute atomic E-state index is 0.310. The Kier molecular flexibility index (Phi) is 4.73. The van der Waals surface area contributed by atoms with Crippen molar-refractivity contribution in [3.8, 4) is 0 Å². The molecule has 0 aliphatic rings. The molecule has 0 atom stereocenters. The Hall–Kier alpha value is -1.45. The molecule has 0 aliphatic carbocycles. The van der Waals surface area contributed by atoms with Gasteiger partial charge in [0.15, 0.2) is 0 Å². The van der Waals surface area contributed by atoms with Gasteiger partial charge >= 0.3 is 5.97 Å². The maximum absolute atomic E-state index is 12.0. The maximum Gasteiger partial charge on any atom is 0.355 e. The van der Waals surface area contributed by atoms with Crippen LogP contribution in [0.25, 0.3) is 0 Å². The summed E-state index contributed by atoms with van der Waals surface area (Å²) in [5.74, 6) is -0.310. The number of carbonyl (C=O) groups is 1. The third-order valence-corrected chi connectivity index (χ3v) is 3.71. The topological polar surface area (TPSA) is 31.2 Å². The van der Waals surface area contributed by atoms with E-state index in [2.05, 4.69) is 0 Å². The summed E-state index contributed by atoms with van der Waals surface area (Å²) >= 11 is 11.9. The van der Waals surface area contributed by atoms with Gasteiger partial charge in [-0.2, -0.15) is 0 Å². The lowest BCUT2D eigenvalue weighted by Gasteiger charge is -2.10. The number of esters is 1. The number of nitrogens with zero attached hydrogens (tertiary/aromatic N) is 1. The van der Waals surface area contributed by atoms with Crippen LogP contribution in [0, 0.1) is 6.92 Å². The van der Waals surface area contributed by atoms with Gasteiger partial charge in [-0.1, -0.05) is 29.3 Å². The molecule has 106 valence electrons. The van der Waals surface area contributed by atoms with Gasteiger partial charge in [0.25, 0.3) is 0 Å². The highest BCUT2D eigenvalue weighted by molar-refractivity contribution is 6.42. The summed E-state index contributed by atoms with van der Waals surface area (Å²) in [7, 11) is 0. The molecular formula is C15H15Cl2NO2. The second-order valence-corrected chi connectivity index (χ2v) is 5.26. The molecule has 1 heterocycles. The Labute approximate surface area is 128 Å². The van der Waals surface area contributed by atoms with Crippen LogP contribution in [-0.4, -0.2) is 17.1 Å². The largest absolute Gasteiger partial charge is 0.461 e.